The lowest BCUT2D eigenvalue weighted by molar-refractivity contribution is -0.120. The van der Waals surface area contributed by atoms with Gasteiger partial charge in [0.1, 0.15) is 0 Å². The second-order valence-electron chi connectivity index (χ2n) is 6.50. The molecule has 4 heteroatoms. The van der Waals surface area contributed by atoms with E-state index >= 15 is 0 Å². The van der Waals surface area contributed by atoms with Crippen LogP contribution in [-0.2, 0) is 11.3 Å². The molecule has 0 atom stereocenters. The van der Waals surface area contributed by atoms with Gasteiger partial charge in [-0.2, -0.15) is 0 Å². The van der Waals surface area contributed by atoms with Crippen LogP contribution in [-0.4, -0.2) is 31.1 Å². The van der Waals surface area contributed by atoms with E-state index in [4.69, 9.17) is 0 Å². The molecule has 1 aliphatic heterocycles. The fourth-order valence-electron chi connectivity index (χ4n) is 2.39. The molecule has 110 valence electrons. The summed E-state index contributed by atoms with van der Waals surface area (Å²) in [5.74, 6) is 0.106. The number of hydrogen-bond donors (Lipinski definition) is 2. The van der Waals surface area contributed by atoms with Gasteiger partial charge in [0.05, 0.1) is 6.54 Å². The van der Waals surface area contributed by atoms with Crippen LogP contribution in [0.15, 0.2) is 18.2 Å². The number of aryl methyl sites for hydroxylation is 1. The molecule has 1 amide bonds. The van der Waals surface area contributed by atoms with Crippen molar-refractivity contribution in [2.45, 2.75) is 39.8 Å². The SMILES string of the molecule is Cc1cc(CNC(C)(C)C)ccc1N1CCNC(=O)C1. The Labute approximate surface area is 121 Å². The van der Waals surface area contributed by atoms with Crippen LogP contribution in [0.2, 0.25) is 0 Å². The molecular weight excluding hydrogens is 250 g/mol. The maximum Gasteiger partial charge on any atom is 0.239 e. The van der Waals surface area contributed by atoms with Gasteiger partial charge < -0.3 is 15.5 Å². The zero-order valence-corrected chi connectivity index (χ0v) is 12.9. The number of rotatable bonds is 3. The highest BCUT2D eigenvalue weighted by Crippen LogP contribution is 2.22. The molecule has 1 fully saturated rings. The minimum absolute atomic E-state index is 0.106. The number of nitrogens with zero attached hydrogens (tertiary/aromatic N) is 1. The van der Waals surface area contributed by atoms with Crippen molar-refractivity contribution in [2.24, 2.45) is 0 Å². The first kappa shape index (κ1) is 14.9. The maximum absolute atomic E-state index is 11.5. The van der Waals surface area contributed by atoms with Gasteiger partial charge in [0.25, 0.3) is 0 Å². The van der Waals surface area contributed by atoms with Gasteiger partial charge in [0.2, 0.25) is 5.91 Å². The fraction of sp³-hybridized carbons (Fsp3) is 0.562. The third-order valence-corrected chi connectivity index (χ3v) is 3.46. The number of carbonyl (C=O) groups excluding carboxylic acids is 1. The zero-order chi connectivity index (χ0) is 14.8. The van der Waals surface area contributed by atoms with Gasteiger partial charge >= 0.3 is 0 Å². The quantitative estimate of drug-likeness (QED) is 0.884. The van der Waals surface area contributed by atoms with Gasteiger partial charge in [0.15, 0.2) is 0 Å². The van der Waals surface area contributed by atoms with Gasteiger partial charge in [0, 0.05) is 30.9 Å². The average Bonchev–Trinajstić information content (AvgIpc) is 2.35. The van der Waals surface area contributed by atoms with Crippen LogP contribution in [0, 0.1) is 6.92 Å². The summed E-state index contributed by atoms with van der Waals surface area (Å²) >= 11 is 0. The van der Waals surface area contributed by atoms with E-state index in [1.54, 1.807) is 0 Å². The number of anilines is 1. The van der Waals surface area contributed by atoms with E-state index in [1.807, 2.05) is 0 Å². The maximum atomic E-state index is 11.5. The summed E-state index contributed by atoms with van der Waals surface area (Å²) in [4.78, 5) is 13.6. The first-order valence-corrected chi connectivity index (χ1v) is 7.21. The van der Waals surface area contributed by atoms with Crippen LogP contribution < -0.4 is 15.5 Å². The summed E-state index contributed by atoms with van der Waals surface area (Å²) in [7, 11) is 0. The Kier molecular flexibility index (Phi) is 4.33. The van der Waals surface area contributed by atoms with Crippen LogP contribution in [0.5, 0.6) is 0 Å². The second kappa shape index (κ2) is 5.83. The van der Waals surface area contributed by atoms with Crippen molar-refractivity contribution in [2.75, 3.05) is 24.5 Å². The number of nitrogens with one attached hydrogen (secondary N) is 2. The van der Waals surface area contributed by atoms with Gasteiger partial charge in [-0.25, -0.2) is 0 Å². The van der Waals surface area contributed by atoms with E-state index in [1.165, 1.54) is 16.8 Å². The monoisotopic (exact) mass is 275 g/mol. The van der Waals surface area contributed by atoms with Crippen molar-refractivity contribution >= 4 is 11.6 Å². The van der Waals surface area contributed by atoms with Crippen LogP contribution in [0.4, 0.5) is 5.69 Å². The molecule has 1 heterocycles. The summed E-state index contributed by atoms with van der Waals surface area (Å²) in [6, 6.07) is 6.49. The molecule has 4 nitrogen and oxygen atoms in total. The predicted octanol–water partition coefficient (Wildman–Crippen LogP) is 1.82. The lowest BCUT2D eigenvalue weighted by Gasteiger charge is -2.30. The summed E-state index contributed by atoms with van der Waals surface area (Å²) in [6.07, 6.45) is 0. The number of amides is 1. The highest BCUT2D eigenvalue weighted by Gasteiger charge is 2.18. The predicted molar refractivity (Wildman–Crippen MR) is 83.0 cm³/mol. The third kappa shape index (κ3) is 3.97. The Morgan fingerprint density at radius 3 is 2.70 bits per heavy atom. The van der Waals surface area contributed by atoms with E-state index in [-0.39, 0.29) is 11.4 Å². The molecule has 0 aliphatic carbocycles. The lowest BCUT2D eigenvalue weighted by atomic mass is 10.1. The lowest BCUT2D eigenvalue weighted by Crippen LogP contribution is -2.47. The first-order valence-electron chi connectivity index (χ1n) is 7.21. The summed E-state index contributed by atoms with van der Waals surface area (Å²) in [6.45, 7) is 11.5. The smallest absolute Gasteiger partial charge is 0.239 e. The van der Waals surface area contributed by atoms with Crippen molar-refractivity contribution < 1.29 is 4.79 Å². The minimum Gasteiger partial charge on any atom is -0.360 e. The Bertz CT molecular complexity index is 491. The van der Waals surface area contributed by atoms with Crippen LogP contribution >= 0.6 is 0 Å². The second-order valence-corrected chi connectivity index (χ2v) is 6.50. The molecule has 0 aromatic heterocycles. The average molecular weight is 275 g/mol. The van der Waals surface area contributed by atoms with Crippen LogP contribution in [0.1, 0.15) is 31.9 Å². The fourth-order valence-corrected chi connectivity index (χ4v) is 2.39. The normalized spacial score (nSPS) is 16.2. The number of benzene rings is 1. The molecule has 1 saturated heterocycles. The number of hydrogen-bond acceptors (Lipinski definition) is 3. The Morgan fingerprint density at radius 2 is 2.10 bits per heavy atom. The van der Waals surface area contributed by atoms with Crippen molar-refractivity contribution in [1.82, 2.24) is 10.6 Å². The molecular formula is C16H25N3O. The third-order valence-electron chi connectivity index (χ3n) is 3.46. The Balaban J connectivity index is 2.07. The van der Waals surface area contributed by atoms with Crippen molar-refractivity contribution in [3.8, 4) is 0 Å². The van der Waals surface area contributed by atoms with Crippen molar-refractivity contribution in [3.63, 3.8) is 0 Å². The zero-order valence-electron chi connectivity index (χ0n) is 12.9. The molecule has 0 radical (unpaired) electrons. The van der Waals surface area contributed by atoms with Crippen LogP contribution in [0.3, 0.4) is 0 Å². The van der Waals surface area contributed by atoms with E-state index in [0.717, 1.165) is 19.6 Å². The van der Waals surface area contributed by atoms with Gasteiger partial charge in [-0.05, 0) is 44.9 Å². The summed E-state index contributed by atoms with van der Waals surface area (Å²) in [5.41, 5.74) is 3.80. The van der Waals surface area contributed by atoms with Crippen molar-refractivity contribution in [3.05, 3.63) is 29.3 Å². The van der Waals surface area contributed by atoms with E-state index < -0.39 is 0 Å². The summed E-state index contributed by atoms with van der Waals surface area (Å²) < 4.78 is 0. The van der Waals surface area contributed by atoms with E-state index in [2.05, 4.69) is 61.4 Å². The largest absolute Gasteiger partial charge is 0.360 e. The Morgan fingerprint density at radius 1 is 1.35 bits per heavy atom. The van der Waals surface area contributed by atoms with Gasteiger partial charge in [-0.15, -0.1) is 0 Å². The molecule has 0 unspecified atom stereocenters. The minimum atomic E-state index is 0.106. The molecule has 20 heavy (non-hydrogen) atoms. The van der Waals surface area contributed by atoms with E-state index in [0.29, 0.717) is 6.54 Å². The molecule has 2 N–H and O–H groups in total. The van der Waals surface area contributed by atoms with Crippen molar-refractivity contribution in [1.29, 1.82) is 0 Å². The molecule has 0 bridgehead atoms. The van der Waals surface area contributed by atoms with Gasteiger partial charge in [-0.1, -0.05) is 12.1 Å². The van der Waals surface area contributed by atoms with E-state index in [9.17, 15) is 4.79 Å². The first-order chi connectivity index (χ1) is 9.35. The number of piperazine rings is 1. The standard InChI is InChI=1S/C16H25N3O/c1-12-9-13(10-18-16(2,3)4)5-6-14(12)19-8-7-17-15(20)11-19/h5-6,9,18H,7-8,10-11H2,1-4H3,(H,17,20). The molecule has 1 aromatic rings. The highest BCUT2D eigenvalue weighted by molar-refractivity contribution is 5.83. The molecule has 1 aliphatic rings. The molecule has 0 spiro atoms. The summed E-state index contributed by atoms with van der Waals surface area (Å²) in [5, 5.41) is 6.35. The molecule has 1 aromatic carbocycles. The Hall–Kier alpha value is -1.55. The molecule has 2 rings (SSSR count). The molecule has 0 saturated carbocycles. The van der Waals surface area contributed by atoms with Crippen LogP contribution in [0.25, 0.3) is 0 Å². The number of carbonyl (C=O) groups is 1. The van der Waals surface area contributed by atoms with Gasteiger partial charge in [-0.3, -0.25) is 4.79 Å². The highest BCUT2D eigenvalue weighted by atomic mass is 16.2. The topological polar surface area (TPSA) is 44.4 Å².